The maximum atomic E-state index is 12.2. The molecule has 1 aliphatic rings. The zero-order valence-corrected chi connectivity index (χ0v) is 11.0. The molecule has 4 nitrogen and oxygen atoms in total. The molecule has 4 heteroatoms. The Morgan fingerprint density at radius 1 is 1.33 bits per heavy atom. The quantitative estimate of drug-likeness (QED) is 0.874. The van der Waals surface area contributed by atoms with Crippen LogP contribution in [0.2, 0.25) is 0 Å². The number of rotatable bonds is 2. The number of phenols is 1. The largest absolute Gasteiger partial charge is 0.508 e. The molecule has 98 valence electrons. The van der Waals surface area contributed by atoms with E-state index >= 15 is 0 Å². The fourth-order valence-corrected chi connectivity index (χ4v) is 2.35. The van der Waals surface area contributed by atoms with Crippen molar-refractivity contribution in [3.05, 3.63) is 29.8 Å². The number of likely N-dealkylation sites (tertiary alicyclic amines) is 1. The van der Waals surface area contributed by atoms with Gasteiger partial charge in [0.2, 0.25) is 0 Å². The van der Waals surface area contributed by atoms with Crippen molar-refractivity contribution in [2.24, 2.45) is 0 Å². The van der Waals surface area contributed by atoms with E-state index in [-0.39, 0.29) is 17.8 Å². The highest BCUT2D eigenvalue weighted by Crippen LogP contribution is 2.28. The van der Waals surface area contributed by atoms with Crippen LogP contribution in [0.4, 0.5) is 4.79 Å². The molecule has 1 aromatic carbocycles. The summed E-state index contributed by atoms with van der Waals surface area (Å²) < 4.78 is 0. The molecule has 2 rings (SSSR count). The summed E-state index contributed by atoms with van der Waals surface area (Å²) in [7, 11) is 1.79. The Kier molecular flexibility index (Phi) is 3.75. The zero-order chi connectivity index (χ0) is 13.1. The molecule has 2 amide bonds. The number of urea groups is 1. The first-order chi connectivity index (χ1) is 8.61. The smallest absolute Gasteiger partial charge is 0.320 e. The molecule has 18 heavy (non-hydrogen) atoms. The molecule has 0 aromatic heterocycles. The minimum Gasteiger partial charge on any atom is -0.508 e. The summed E-state index contributed by atoms with van der Waals surface area (Å²) in [5.41, 5.74) is 0.785. The molecule has 1 saturated heterocycles. The second-order valence-electron chi connectivity index (χ2n) is 4.82. The van der Waals surface area contributed by atoms with E-state index in [1.807, 2.05) is 24.0 Å². The highest BCUT2D eigenvalue weighted by Gasteiger charge is 2.25. The Morgan fingerprint density at radius 3 is 2.56 bits per heavy atom. The number of aromatic hydroxyl groups is 1. The second-order valence-corrected chi connectivity index (χ2v) is 4.82. The molecule has 0 radical (unpaired) electrons. The Morgan fingerprint density at radius 2 is 1.94 bits per heavy atom. The summed E-state index contributed by atoms with van der Waals surface area (Å²) in [6, 6.07) is 7.09. The first-order valence-electron chi connectivity index (χ1n) is 6.41. The van der Waals surface area contributed by atoms with Gasteiger partial charge < -0.3 is 14.9 Å². The van der Waals surface area contributed by atoms with Crippen molar-refractivity contribution in [2.75, 3.05) is 20.1 Å². The third-order valence-corrected chi connectivity index (χ3v) is 3.65. The van der Waals surface area contributed by atoms with Gasteiger partial charge in [0, 0.05) is 25.7 Å². The minimum atomic E-state index is -0.126. The van der Waals surface area contributed by atoms with Gasteiger partial charge in [-0.05, 0) is 25.8 Å². The molecular weight excluding hydrogens is 228 g/mol. The summed E-state index contributed by atoms with van der Waals surface area (Å²) in [6.45, 7) is 3.62. The van der Waals surface area contributed by atoms with E-state index in [4.69, 9.17) is 0 Å². The number of amides is 2. The Bertz CT molecular complexity index is 428. The normalized spacial score (nSPS) is 16.7. The van der Waals surface area contributed by atoms with Crippen LogP contribution in [0.1, 0.15) is 31.4 Å². The molecule has 1 aliphatic heterocycles. The van der Waals surface area contributed by atoms with Gasteiger partial charge in [-0.3, -0.25) is 0 Å². The number of benzene rings is 1. The molecule has 0 spiro atoms. The van der Waals surface area contributed by atoms with Crippen LogP contribution in [-0.4, -0.2) is 41.1 Å². The van der Waals surface area contributed by atoms with Crippen LogP contribution in [0.15, 0.2) is 24.3 Å². The number of hydrogen-bond donors (Lipinski definition) is 1. The minimum absolute atomic E-state index is 0.0447. The molecule has 1 N–H and O–H groups in total. The number of phenolic OH excluding ortho intramolecular Hbond substituents is 1. The van der Waals surface area contributed by atoms with Crippen molar-refractivity contribution in [1.82, 2.24) is 9.80 Å². The number of carbonyl (C=O) groups excluding carboxylic acids is 1. The van der Waals surface area contributed by atoms with Crippen LogP contribution in [0.25, 0.3) is 0 Å². The molecular formula is C14H20N2O2. The first kappa shape index (κ1) is 12.7. The maximum Gasteiger partial charge on any atom is 0.320 e. The lowest BCUT2D eigenvalue weighted by atomic mass is 10.1. The van der Waals surface area contributed by atoms with Gasteiger partial charge in [-0.25, -0.2) is 4.79 Å². The first-order valence-corrected chi connectivity index (χ1v) is 6.41. The van der Waals surface area contributed by atoms with Gasteiger partial charge in [0.1, 0.15) is 5.75 Å². The highest BCUT2D eigenvalue weighted by atomic mass is 16.3. The van der Waals surface area contributed by atoms with Crippen LogP contribution < -0.4 is 0 Å². The van der Waals surface area contributed by atoms with Gasteiger partial charge in [-0.15, -0.1) is 0 Å². The molecule has 0 bridgehead atoms. The van der Waals surface area contributed by atoms with Crippen LogP contribution in [0, 0.1) is 0 Å². The number of hydrogen-bond acceptors (Lipinski definition) is 2. The Balaban J connectivity index is 2.10. The molecule has 1 fully saturated rings. The van der Waals surface area contributed by atoms with Gasteiger partial charge in [-0.1, -0.05) is 18.2 Å². The summed E-state index contributed by atoms with van der Waals surface area (Å²) in [4.78, 5) is 15.8. The molecule has 0 aliphatic carbocycles. The van der Waals surface area contributed by atoms with E-state index in [1.165, 1.54) is 0 Å². The van der Waals surface area contributed by atoms with Crippen LogP contribution >= 0.6 is 0 Å². The third-order valence-electron chi connectivity index (χ3n) is 3.65. The molecule has 1 unspecified atom stereocenters. The number of para-hydroxylation sites is 1. The van der Waals surface area contributed by atoms with Gasteiger partial charge in [0.25, 0.3) is 0 Å². The van der Waals surface area contributed by atoms with Crippen molar-refractivity contribution in [3.8, 4) is 5.75 Å². The highest BCUT2D eigenvalue weighted by molar-refractivity contribution is 5.75. The van der Waals surface area contributed by atoms with Crippen molar-refractivity contribution >= 4 is 6.03 Å². The van der Waals surface area contributed by atoms with Crippen molar-refractivity contribution in [3.63, 3.8) is 0 Å². The monoisotopic (exact) mass is 248 g/mol. The van der Waals surface area contributed by atoms with Gasteiger partial charge in [-0.2, -0.15) is 0 Å². The summed E-state index contributed by atoms with van der Waals surface area (Å²) in [5, 5.41) is 9.83. The van der Waals surface area contributed by atoms with E-state index in [0.717, 1.165) is 31.5 Å². The topological polar surface area (TPSA) is 43.8 Å². The van der Waals surface area contributed by atoms with Crippen LogP contribution in [0.3, 0.4) is 0 Å². The average Bonchev–Trinajstić information content (AvgIpc) is 2.90. The van der Waals surface area contributed by atoms with Crippen LogP contribution in [-0.2, 0) is 0 Å². The number of nitrogens with zero attached hydrogens (tertiary/aromatic N) is 2. The van der Waals surface area contributed by atoms with E-state index in [2.05, 4.69) is 0 Å². The summed E-state index contributed by atoms with van der Waals surface area (Å²) in [5.74, 6) is 0.242. The average molecular weight is 248 g/mol. The molecule has 0 saturated carbocycles. The molecule has 1 atom stereocenters. The maximum absolute atomic E-state index is 12.2. The second kappa shape index (κ2) is 5.29. The predicted octanol–water partition coefficient (Wildman–Crippen LogP) is 2.60. The summed E-state index contributed by atoms with van der Waals surface area (Å²) >= 11 is 0. The SMILES string of the molecule is CC(c1ccccc1O)N(C)C(=O)N1CCCC1. The van der Waals surface area contributed by atoms with Crippen molar-refractivity contribution in [2.45, 2.75) is 25.8 Å². The lowest BCUT2D eigenvalue weighted by Gasteiger charge is -2.30. The van der Waals surface area contributed by atoms with E-state index in [1.54, 1.807) is 24.1 Å². The van der Waals surface area contributed by atoms with Gasteiger partial charge >= 0.3 is 6.03 Å². The predicted molar refractivity (Wildman–Crippen MR) is 70.5 cm³/mol. The Hall–Kier alpha value is -1.71. The fraction of sp³-hybridized carbons (Fsp3) is 0.500. The van der Waals surface area contributed by atoms with Gasteiger partial charge in [0.15, 0.2) is 0 Å². The Labute approximate surface area is 108 Å². The lowest BCUT2D eigenvalue weighted by Crippen LogP contribution is -2.40. The lowest BCUT2D eigenvalue weighted by molar-refractivity contribution is 0.158. The third kappa shape index (κ3) is 2.42. The van der Waals surface area contributed by atoms with E-state index < -0.39 is 0 Å². The fourth-order valence-electron chi connectivity index (χ4n) is 2.35. The molecule has 1 heterocycles. The van der Waals surface area contributed by atoms with E-state index in [0.29, 0.717) is 0 Å². The molecule has 1 aromatic rings. The van der Waals surface area contributed by atoms with Gasteiger partial charge in [0.05, 0.1) is 6.04 Å². The zero-order valence-electron chi connectivity index (χ0n) is 11.0. The van der Waals surface area contributed by atoms with Crippen molar-refractivity contribution in [1.29, 1.82) is 0 Å². The van der Waals surface area contributed by atoms with E-state index in [9.17, 15) is 9.90 Å². The standard InChI is InChI=1S/C14H20N2O2/c1-11(12-7-3-4-8-13(12)17)15(2)14(18)16-9-5-6-10-16/h3-4,7-8,11,17H,5-6,9-10H2,1-2H3. The van der Waals surface area contributed by atoms with Crippen LogP contribution in [0.5, 0.6) is 5.75 Å². The summed E-state index contributed by atoms with van der Waals surface area (Å²) in [6.07, 6.45) is 2.18. The number of carbonyl (C=O) groups is 1. The van der Waals surface area contributed by atoms with Crippen molar-refractivity contribution < 1.29 is 9.90 Å².